The van der Waals surface area contributed by atoms with Crippen LogP contribution >= 0.6 is 23.4 Å². The monoisotopic (exact) mass is 498 g/mol. The van der Waals surface area contributed by atoms with Crippen molar-refractivity contribution in [2.45, 2.75) is 29.3 Å². The van der Waals surface area contributed by atoms with Crippen LogP contribution in [0.1, 0.15) is 44.8 Å². The van der Waals surface area contributed by atoms with Crippen LogP contribution in [0.5, 0.6) is 0 Å². The molecular formula is C29H23ClN2O2S. The molecule has 6 heteroatoms. The molecule has 0 aromatic heterocycles. The molecule has 0 bridgehead atoms. The summed E-state index contributed by atoms with van der Waals surface area (Å²) in [6, 6.07) is 30.3. The van der Waals surface area contributed by atoms with Crippen LogP contribution in [-0.2, 0) is 6.54 Å². The number of benzene rings is 4. The van der Waals surface area contributed by atoms with Gasteiger partial charge >= 0.3 is 0 Å². The molecule has 174 valence electrons. The molecule has 1 atom stereocenters. The summed E-state index contributed by atoms with van der Waals surface area (Å²) >= 11 is 7.98. The predicted molar refractivity (Wildman–Crippen MR) is 141 cm³/mol. The van der Waals surface area contributed by atoms with Crippen LogP contribution in [0.2, 0.25) is 5.02 Å². The molecule has 1 heterocycles. The minimum Gasteiger partial charge on any atom is -0.346 e. The van der Waals surface area contributed by atoms with Crippen LogP contribution in [0.4, 0.5) is 5.69 Å². The number of nitrogens with one attached hydrogen (secondary N) is 1. The topological polar surface area (TPSA) is 49.4 Å². The summed E-state index contributed by atoms with van der Waals surface area (Å²) in [5.74, 6) is -0.317. The van der Waals surface area contributed by atoms with E-state index in [2.05, 4.69) is 5.32 Å². The largest absolute Gasteiger partial charge is 0.346 e. The number of hydrogen-bond acceptors (Lipinski definition) is 3. The normalized spacial score (nSPS) is 13.4. The first-order valence-corrected chi connectivity index (χ1v) is 12.5. The van der Waals surface area contributed by atoms with E-state index in [-0.39, 0.29) is 17.9 Å². The number of anilines is 1. The Morgan fingerprint density at radius 3 is 2.43 bits per heavy atom. The molecule has 1 N–H and O–H groups in total. The number of halogens is 1. The van der Waals surface area contributed by atoms with Crippen molar-refractivity contribution < 1.29 is 9.59 Å². The van der Waals surface area contributed by atoms with E-state index in [0.717, 1.165) is 20.9 Å². The highest BCUT2D eigenvalue weighted by Crippen LogP contribution is 2.42. The van der Waals surface area contributed by atoms with E-state index in [1.54, 1.807) is 11.0 Å². The van der Waals surface area contributed by atoms with E-state index < -0.39 is 0 Å². The molecule has 0 aliphatic carbocycles. The van der Waals surface area contributed by atoms with Gasteiger partial charge in [0, 0.05) is 20.4 Å². The molecule has 0 saturated heterocycles. The van der Waals surface area contributed by atoms with E-state index >= 15 is 0 Å². The molecule has 0 radical (unpaired) electrons. The fraction of sp³-hybridized carbons (Fsp3) is 0.103. The van der Waals surface area contributed by atoms with Gasteiger partial charge < -0.3 is 10.2 Å². The maximum absolute atomic E-state index is 13.7. The zero-order valence-electron chi connectivity index (χ0n) is 19.1. The van der Waals surface area contributed by atoms with Crippen LogP contribution in [0.15, 0.2) is 107 Å². The van der Waals surface area contributed by atoms with Crippen LogP contribution < -0.4 is 10.2 Å². The van der Waals surface area contributed by atoms with Gasteiger partial charge in [0.25, 0.3) is 11.8 Å². The number of fused-ring (bicyclic) bond motifs is 2. The van der Waals surface area contributed by atoms with Crippen molar-refractivity contribution in [3.63, 3.8) is 0 Å². The average molecular weight is 499 g/mol. The minimum atomic E-state index is -0.193. The fourth-order valence-corrected chi connectivity index (χ4v) is 5.37. The summed E-state index contributed by atoms with van der Waals surface area (Å²) in [5, 5.41) is 3.66. The Morgan fingerprint density at radius 1 is 0.914 bits per heavy atom. The van der Waals surface area contributed by atoms with Crippen molar-refractivity contribution in [1.29, 1.82) is 0 Å². The van der Waals surface area contributed by atoms with E-state index in [0.29, 0.717) is 28.4 Å². The zero-order chi connectivity index (χ0) is 24.4. The Balaban J connectivity index is 1.53. The Kier molecular flexibility index (Phi) is 6.62. The highest BCUT2D eigenvalue weighted by atomic mass is 35.5. The molecule has 0 fully saturated rings. The van der Waals surface area contributed by atoms with Crippen molar-refractivity contribution in [2.75, 3.05) is 4.90 Å². The standard InChI is InChI=1S/C29H23ClN2O2S/c1-19(20-9-3-2-4-10-20)31-28(33)21-15-16-27-25(17-21)32(18-22-11-5-7-13-24(22)30)29(34)23-12-6-8-14-26(23)35-27/h2-17,19H,18H2,1H3,(H,31,33)/t19-/m0/s1. The Hall–Kier alpha value is -3.54. The molecule has 4 aromatic rings. The highest BCUT2D eigenvalue weighted by molar-refractivity contribution is 7.99. The molecule has 35 heavy (non-hydrogen) atoms. The molecule has 5 rings (SSSR count). The summed E-state index contributed by atoms with van der Waals surface area (Å²) < 4.78 is 0. The molecule has 0 saturated carbocycles. The Bertz CT molecular complexity index is 1410. The van der Waals surface area contributed by atoms with E-state index in [1.807, 2.05) is 97.9 Å². The molecule has 4 nitrogen and oxygen atoms in total. The third-order valence-corrected chi connectivity index (χ3v) is 7.54. The van der Waals surface area contributed by atoms with Gasteiger partial charge in [0.1, 0.15) is 0 Å². The van der Waals surface area contributed by atoms with E-state index in [4.69, 9.17) is 11.6 Å². The Morgan fingerprint density at radius 2 is 1.63 bits per heavy atom. The summed E-state index contributed by atoms with van der Waals surface area (Å²) in [6.45, 7) is 2.25. The molecule has 4 aromatic carbocycles. The minimum absolute atomic E-state index is 0.123. The predicted octanol–water partition coefficient (Wildman–Crippen LogP) is 7.14. The van der Waals surface area contributed by atoms with Gasteiger partial charge in [-0.15, -0.1) is 0 Å². The third kappa shape index (κ3) is 4.83. The fourth-order valence-electron chi connectivity index (χ4n) is 4.12. The lowest BCUT2D eigenvalue weighted by atomic mass is 10.1. The first-order valence-electron chi connectivity index (χ1n) is 11.3. The number of rotatable bonds is 5. The Labute approximate surface area is 213 Å². The zero-order valence-corrected chi connectivity index (χ0v) is 20.6. The van der Waals surface area contributed by atoms with Gasteiger partial charge in [-0.3, -0.25) is 9.59 Å². The van der Waals surface area contributed by atoms with E-state index in [9.17, 15) is 9.59 Å². The van der Waals surface area contributed by atoms with Gasteiger partial charge in [-0.2, -0.15) is 0 Å². The SMILES string of the molecule is C[C@H](NC(=O)c1ccc2c(c1)N(Cc1ccccc1Cl)C(=O)c1ccccc1S2)c1ccccc1. The molecule has 1 aliphatic heterocycles. The van der Waals surface area contributed by atoms with Crippen LogP contribution in [0, 0.1) is 0 Å². The van der Waals surface area contributed by atoms with Crippen molar-refractivity contribution in [1.82, 2.24) is 5.32 Å². The molecule has 0 unspecified atom stereocenters. The van der Waals surface area contributed by atoms with Gasteiger partial charge in [-0.1, -0.05) is 84.0 Å². The maximum atomic E-state index is 13.7. The van der Waals surface area contributed by atoms with Crippen molar-refractivity contribution in [3.05, 3.63) is 124 Å². The number of hydrogen-bond donors (Lipinski definition) is 1. The summed E-state index contributed by atoms with van der Waals surface area (Å²) in [7, 11) is 0. The second kappa shape index (κ2) is 9.98. The van der Waals surface area contributed by atoms with Crippen LogP contribution in [0.3, 0.4) is 0 Å². The second-order valence-corrected chi connectivity index (χ2v) is 9.86. The number of carbonyl (C=O) groups excluding carboxylic acids is 2. The van der Waals surface area contributed by atoms with Gasteiger partial charge in [-0.05, 0) is 54.4 Å². The lowest BCUT2D eigenvalue weighted by Gasteiger charge is -2.24. The van der Waals surface area contributed by atoms with Gasteiger partial charge in [0.2, 0.25) is 0 Å². The lowest BCUT2D eigenvalue weighted by molar-refractivity contribution is 0.0937. The average Bonchev–Trinajstić information content (AvgIpc) is 3.00. The maximum Gasteiger partial charge on any atom is 0.259 e. The van der Waals surface area contributed by atoms with Gasteiger partial charge in [0.15, 0.2) is 0 Å². The third-order valence-electron chi connectivity index (χ3n) is 6.03. The lowest BCUT2D eigenvalue weighted by Crippen LogP contribution is -2.31. The summed E-state index contributed by atoms with van der Waals surface area (Å²) in [5.41, 5.74) is 3.68. The molecule has 2 amide bonds. The molecule has 1 aliphatic rings. The van der Waals surface area contributed by atoms with Crippen molar-refractivity contribution in [3.8, 4) is 0 Å². The smallest absolute Gasteiger partial charge is 0.259 e. The van der Waals surface area contributed by atoms with Crippen LogP contribution in [-0.4, -0.2) is 11.8 Å². The molecule has 0 spiro atoms. The van der Waals surface area contributed by atoms with Crippen molar-refractivity contribution in [2.24, 2.45) is 0 Å². The number of amides is 2. The summed E-state index contributed by atoms with van der Waals surface area (Å²) in [4.78, 5) is 30.4. The highest BCUT2D eigenvalue weighted by Gasteiger charge is 2.28. The molecular weight excluding hydrogens is 476 g/mol. The van der Waals surface area contributed by atoms with Crippen molar-refractivity contribution >= 4 is 40.9 Å². The van der Waals surface area contributed by atoms with Gasteiger partial charge in [-0.25, -0.2) is 0 Å². The van der Waals surface area contributed by atoms with Crippen LogP contribution in [0.25, 0.3) is 0 Å². The van der Waals surface area contributed by atoms with Gasteiger partial charge in [0.05, 0.1) is 23.8 Å². The first kappa shape index (κ1) is 23.2. The summed E-state index contributed by atoms with van der Waals surface area (Å²) in [6.07, 6.45) is 0. The second-order valence-electron chi connectivity index (χ2n) is 8.37. The first-order chi connectivity index (χ1) is 17.0. The number of nitrogens with zero attached hydrogens (tertiary/aromatic N) is 1. The quantitative estimate of drug-likeness (QED) is 0.318. The number of carbonyl (C=O) groups is 2. The van der Waals surface area contributed by atoms with E-state index in [1.165, 1.54) is 11.8 Å².